The van der Waals surface area contributed by atoms with Crippen molar-refractivity contribution < 1.29 is 13.2 Å². The number of hydrogen-bond donors (Lipinski definition) is 1. The van der Waals surface area contributed by atoms with Crippen molar-refractivity contribution in [2.24, 2.45) is 0 Å². The molecule has 0 saturated carbocycles. The zero-order valence-corrected chi connectivity index (χ0v) is 16.8. The first-order valence-electron chi connectivity index (χ1n) is 8.10. The number of aryl methyl sites for hydroxylation is 1. The number of ether oxygens (including phenoxy) is 1. The average Bonchev–Trinajstić information content (AvgIpc) is 2.62. The molecule has 0 fully saturated rings. The molecule has 4 nitrogen and oxygen atoms in total. The van der Waals surface area contributed by atoms with Gasteiger partial charge in [-0.05, 0) is 55.5 Å². The number of anilines is 1. The molecule has 0 amide bonds. The molecule has 7 heteroatoms. The Balaban J connectivity index is 1.65. The molecule has 27 heavy (non-hydrogen) atoms. The normalized spacial score (nSPS) is 11.2. The van der Waals surface area contributed by atoms with Crippen LogP contribution in [0.3, 0.4) is 0 Å². The molecule has 0 spiro atoms. The lowest BCUT2D eigenvalue weighted by atomic mass is 10.2. The van der Waals surface area contributed by atoms with E-state index in [1.807, 2.05) is 6.92 Å². The van der Waals surface area contributed by atoms with E-state index in [1.54, 1.807) is 66.7 Å². The highest BCUT2D eigenvalue weighted by molar-refractivity contribution is 7.92. The van der Waals surface area contributed by atoms with Gasteiger partial charge in [0.15, 0.2) is 0 Å². The quantitative estimate of drug-likeness (QED) is 0.556. The van der Waals surface area contributed by atoms with Crippen LogP contribution >= 0.6 is 23.2 Å². The maximum absolute atomic E-state index is 12.4. The third kappa shape index (κ3) is 5.16. The summed E-state index contributed by atoms with van der Waals surface area (Å²) in [6.07, 6.45) is 0. The lowest BCUT2D eigenvalue weighted by molar-refractivity contribution is 0.306. The summed E-state index contributed by atoms with van der Waals surface area (Å²) < 4.78 is 33.1. The lowest BCUT2D eigenvalue weighted by Gasteiger charge is -2.11. The van der Waals surface area contributed by atoms with Crippen molar-refractivity contribution in [2.75, 3.05) is 4.72 Å². The van der Waals surface area contributed by atoms with Crippen LogP contribution in [-0.4, -0.2) is 8.42 Å². The first-order valence-corrected chi connectivity index (χ1v) is 10.3. The highest BCUT2D eigenvalue weighted by Crippen LogP contribution is 2.24. The Kier molecular flexibility index (Phi) is 5.95. The molecule has 0 atom stereocenters. The third-order valence-corrected chi connectivity index (χ3v) is 5.83. The monoisotopic (exact) mass is 421 g/mol. The molecule has 1 N–H and O–H groups in total. The van der Waals surface area contributed by atoms with Crippen LogP contribution in [0.4, 0.5) is 5.69 Å². The van der Waals surface area contributed by atoms with Crippen molar-refractivity contribution in [2.45, 2.75) is 18.4 Å². The summed E-state index contributed by atoms with van der Waals surface area (Å²) in [6, 6.07) is 18.5. The van der Waals surface area contributed by atoms with E-state index < -0.39 is 10.0 Å². The van der Waals surface area contributed by atoms with E-state index in [2.05, 4.69) is 4.72 Å². The van der Waals surface area contributed by atoms with E-state index in [9.17, 15) is 8.42 Å². The topological polar surface area (TPSA) is 55.4 Å². The van der Waals surface area contributed by atoms with E-state index >= 15 is 0 Å². The fourth-order valence-electron chi connectivity index (χ4n) is 2.35. The maximum atomic E-state index is 12.4. The Hall–Kier alpha value is -2.21. The van der Waals surface area contributed by atoms with Gasteiger partial charge in [-0.25, -0.2) is 8.42 Å². The van der Waals surface area contributed by atoms with Gasteiger partial charge in [-0.3, -0.25) is 4.72 Å². The van der Waals surface area contributed by atoms with Gasteiger partial charge in [0.05, 0.1) is 4.90 Å². The highest BCUT2D eigenvalue weighted by Gasteiger charge is 2.13. The van der Waals surface area contributed by atoms with Crippen molar-refractivity contribution in [1.82, 2.24) is 0 Å². The van der Waals surface area contributed by atoms with Crippen LogP contribution < -0.4 is 9.46 Å². The number of halogens is 2. The minimum Gasteiger partial charge on any atom is -0.489 e. The highest BCUT2D eigenvalue weighted by atomic mass is 35.5. The molecule has 0 aliphatic carbocycles. The largest absolute Gasteiger partial charge is 0.489 e. The lowest BCUT2D eigenvalue weighted by Crippen LogP contribution is -2.12. The van der Waals surface area contributed by atoms with Gasteiger partial charge in [0, 0.05) is 21.3 Å². The molecule has 3 rings (SSSR count). The zero-order chi connectivity index (χ0) is 19.4. The van der Waals surface area contributed by atoms with Crippen molar-refractivity contribution in [3.8, 4) is 5.75 Å². The Labute approximate surface area is 168 Å². The first kappa shape index (κ1) is 19.5. The van der Waals surface area contributed by atoms with E-state index in [1.165, 1.54) is 0 Å². The van der Waals surface area contributed by atoms with Gasteiger partial charge in [-0.2, -0.15) is 0 Å². The summed E-state index contributed by atoms with van der Waals surface area (Å²) >= 11 is 12.0. The molecule has 3 aromatic carbocycles. The smallest absolute Gasteiger partial charge is 0.261 e. The van der Waals surface area contributed by atoms with Crippen molar-refractivity contribution in [3.05, 3.63) is 87.9 Å². The summed E-state index contributed by atoms with van der Waals surface area (Å²) in [5.74, 6) is 0.597. The molecule has 0 aromatic heterocycles. The minimum absolute atomic E-state index is 0.214. The SMILES string of the molecule is Cc1ccc(S(=O)(=O)Nc2ccc(OCc3ccc(Cl)cc3Cl)cc2)cc1. The third-order valence-electron chi connectivity index (χ3n) is 3.85. The molecule has 0 aliphatic heterocycles. The summed E-state index contributed by atoms with van der Waals surface area (Å²) in [7, 11) is -3.63. The molecular weight excluding hydrogens is 405 g/mol. The fourth-order valence-corrected chi connectivity index (χ4v) is 3.87. The molecule has 0 aliphatic rings. The van der Waals surface area contributed by atoms with E-state index in [4.69, 9.17) is 27.9 Å². The summed E-state index contributed by atoms with van der Waals surface area (Å²) in [4.78, 5) is 0.214. The van der Waals surface area contributed by atoms with Gasteiger partial charge in [0.1, 0.15) is 12.4 Å². The second-order valence-electron chi connectivity index (χ2n) is 5.97. The van der Waals surface area contributed by atoms with Crippen molar-refractivity contribution >= 4 is 38.9 Å². The van der Waals surface area contributed by atoms with Crippen LogP contribution in [0.5, 0.6) is 5.75 Å². The zero-order valence-electron chi connectivity index (χ0n) is 14.4. The van der Waals surface area contributed by atoms with E-state index in [0.717, 1.165) is 11.1 Å². The summed E-state index contributed by atoms with van der Waals surface area (Å²) in [6.45, 7) is 2.18. The maximum Gasteiger partial charge on any atom is 0.261 e. The minimum atomic E-state index is -3.63. The molecular formula is C20H17Cl2NO3S. The van der Waals surface area contributed by atoms with Gasteiger partial charge in [-0.1, -0.05) is 47.0 Å². The predicted molar refractivity (Wildman–Crippen MR) is 109 cm³/mol. The van der Waals surface area contributed by atoms with Crippen LogP contribution in [0, 0.1) is 6.92 Å². The number of benzene rings is 3. The molecule has 0 bridgehead atoms. The second-order valence-corrected chi connectivity index (χ2v) is 8.49. The Morgan fingerprint density at radius 1 is 0.926 bits per heavy atom. The molecule has 0 unspecified atom stereocenters. The predicted octanol–water partition coefficient (Wildman–Crippen LogP) is 5.68. The van der Waals surface area contributed by atoms with Crippen LogP contribution in [0.2, 0.25) is 10.0 Å². The van der Waals surface area contributed by atoms with E-state index in [-0.39, 0.29) is 11.5 Å². The second kappa shape index (κ2) is 8.21. The summed E-state index contributed by atoms with van der Waals surface area (Å²) in [5, 5.41) is 1.10. The van der Waals surface area contributed by atoms with E-state index in [0.29, 0.717) is 21.5 Å². The van der Waals surface area contributed by atoms with Crippen LogP contribution in [0.25, 0.3) is 0 Å². The Bertz CT molecular complexity index is 1030. The molecule has 0 radical (unpaired) electrons. The molecule has 3 aromatic rings. The first-order chi connectivity index (χ1) is 12.8. The number of nitrogens with one attached hydrogen (secondary N) is 1. The van der Waals surface area contributed by atoms with Gasteiger partial charge in [0.2, 0.25) is 0 Å². The molecule has 140 valence electrons. The standard InChI is InChI=1S/C20H17Cl2NO3S/c1-14-2-10-19(11-3-14)27(24,25)23-17-6-8-18(9-7-17)26-13-15-4-5-16(21)12-20(15)22/h2-12,23H,13H2,1H3. The van der Waals surface area contributed by atoms with Crippen LogP contribution in [-0.2, 0) is 16.6 Å². The average molecular weight is 422 g/mol. The van der Waals surface area contributed by atoms with Crippen molar-refractivity contribution in [1.29, 1.82) is 0 Å². The van der Waals surface area contributed by atoms with Gasteiger partial charge < -0.3 is 4.74 Å². The summed E-state index contributed by atoms with van der Waals surface area (Å²) in [5.41, 5.74) is 2.26. The molecule has 0 saturated heterocycles. The molecule has 0 heterocycles. The number of rotatable bonds is 6. The number of sulfonamides is 1. The fraction of sp³-hybridized carbons (Fsp3) is 0.100. The van der Waals surface area contributed by atoms with Crippen LogP contribution in [0.15, 0.2) is 71.6 Å². The Morgan fingerprint density at radius 3 is 2.22 bits per heavy atom. The van der Waals surface area contributed by atoms with Gasteiger partial charge in [0.25, 0.3) is 10.0 Å². The van der Waals surface area contributed by atoms with Gasteiger partial charge >= 0.3 is 0 Å². The number of hydrogen-bond acceptors (Lipinski definition) is 3. The Morgan fingerprint density at radius 2 is 1.59 bits per heavy atom. The van der Waals surface area contributed by atoms with Gasteiger partial charge in [-0.15, -0.1) is 0 Å². The van der Waals surface area contributed by atoms with Crippen LogP contribution in [0.1, 0.15) is 11.1 Å². The van der Waals surface area contributed by atoms with Crippen molar-refractivity contribution in [3.63, 3.8) is 0 Å².